The second kappa shape index (κ2) is 7.66. The number of thiophene rings is 1. The molecular weight excluding hydrogens is 310 g/mol. The monoisotopic (exact) mass is 331 g/mol. The van der Waals surface area contributed by atoms with Crippen molar-refractivity contribution < 1.29 is 9.53 Å². The number of hydrogen-bond donors (Lipinski definition) is 0. The molecule has 1 atom stereocenters. The Labute approximate surface area is 140 Å². The molecule has 0 N–H and O–H groups in total. The third-order valence-electron chi connectivity index (χ3n) is 3.95. The maximum Gasteiger partial charge on any atom is 0.227 e. The lowest BCUT2D eigenvalue weighted by Gasteiger charge is -2.23. The van der Waals surface area contributed by atoms with Crippen LogP contribution in [0.1, 0.15) is 15.4 Å². The molecule has 0 unspecified atom stereocenters. The van der Waals surface area contributed by atoms with Gasteiger partial charge in [0.05, 0.1) is 19.6 Å². The Balaban J connectivity index is 1.61. The molecule has 3 rings (SSSR count). The van der Waals surface area contributed by atoms with E-state index in [0.717, 1.165) is 23.5 Å². The summed E-state index contributed by atoms with van der Waals surface area (Å²) in [6.45, 7) is 4.74. The van der Waals surface area contributed by atoms with E-state index in [-0.39, 0.29) is 11.8 Å². The normalized spacial score (nSPS) is 18.7. The average molecular weight is 331 g/mol. The van der Waals surface area contributed by atoms with E-state index in [1.807, 2.05) is 17.0 Å². The van der Waals surface area contributed by atoms with Crippen LogP contribution in [-0.2, 0) is 22.4 Å². The molecule has 0 spiro atoms. The summed E-state index contributed by atoms with van der Waals surface area (Å²) in [5.74, 6) is 0.464. The summed E-state index contributed by atoms with van der Waals surface area (Å²) in [6.07, 6.45) is 4.61. The van der Waals surface area contributed by atoms with Gasteiger partial charge in [0.1, 0.15) is 6.33 Å². The van der Waals surface area contributed by atoms with E-state index in [0.29, 0.717) is 26.2 Å². The number of carbonyl (C=O) groups is 1. The summed E-state index contributed by atoms with van der Waals surface area (Å²) < 4.78 is 5.68. The van der Waals surface area contributed by atoms with E-state index in [1.165, 1.54) is 4.88 Å². The van der Waals surface area contributed by atoms with Crippen LogP contribution in [0.25, 0.3) is 0 Å². The van der Waals surface area contributed by atoms with Crippen LogP contribution in [0.3, 0.4) is 0 Å². The Kier molecular flexibility index (Phi) is 5.35. The summed E-state index contributed by atoms with van der Waals surface area (Å²) in [5.41, 5.74) is 0.997. The minimum atomic E-state index is 0.185. The summed E-state index contributed by atoms with van der Waals surface area (Å²) in [5, 5.41) is 0. The third-order valence-corrected chi connectivity index (χ3v) is 4.95. The maximum atomic E-state index is 12.6. The third kappa shape index (κ3) is 4.59. The molecular formula is C17H21N3O2S. The van der Waals surface area contributed by atoms with E-state index in [9.17, 15) is 4.79 Å². The fourth-order valence-electron chi connectivity index (χ4n) is 2.81. The number of aryl methyl sites for hydroxylation is 1. The smallest absolute Gasteiger partial charge is 0.227 e. The molecule has 5 nitrogen and oxygen atoms in total. The minimum Gasteiger partial charge on any atom is -0.379 e. The first-order chi connectivity index (χ1) is 11.2. The summed E-state index contributed by atoms with van der Waals surface area (Å²) >= 11 is 1.69. The second-order valence-corrected chi connectivity index (χ2v) is 7.25. The van der Waals surface area contributed by atoms with Crippen molar-refractivity contribution in [3.63, 3.8) is 0 Å². The number of hydrogen-bond acceptors (Lipinski definition) is 5. The molecule has 1 saturated heterocycles. The summed E-state index contributed by atoms with van der Waals surface area (Å²) in [6, 6.07) is 6.03. The molecule has 23 heavy (non-hydrogen) atoms. The van der Waals surface area contributed by atoms with Crippen LogP contribution >= 0.6 is 11.3 Å². The van der Waals surface area contributed by atoms with Gasteiger partial charge in [0.15, 0.2) is 0 Å². The van der Waals surface area contributed by atoms with Crippen molar-refractivity contribution in [3.8, 4) is 0 Å². The topological polar surface area (TPSA) is 55.3 Å². The number of nitrogens with zero attached hydrogens (tertiary/aromatic N) is 3. The van der Waals surface area contributed by atoms with Crippen LogP contribution in [0.5, 0.6) is 0 Å². The van der Waals surface area contributed by atoms with Gasteiger partial charge in [0.25, 0.3) is 0 Å². The van der Waals surface area contributed by atoms with Crippen LogP contribution in [-0.4, -0.2) is 47.1 Å². The number of rotatable bonds is 4. The molecule has 1 amide bonds. The van der Waals surface area contributed by atoms with Crippen LogP contribution in [0.2, 0.25) is 0 Å². The van der Waals surface area contributed by atoms with Gasteiger partial charge in [-0.25, -0.2) is 9.97 Å². The number of amides is 1. The Morgan fingerprint density at radius 2 is 2.35 bits per heavy atom. The van der Waals surface area contributed by atoms with Crippen molar-refractivity contribution in [2.45, 2.75) is 19.8 Å². The van der Waals surface area contributed by atoms with Gasteiger partial charge in [-0.1, -0.05) is 0 Å². The zero-order valence-corrected chi connectivity index (χ0v) is 14.1. The first-order valence-electron chi connectivity index (χ1n) is 7.86. The van der Waals surface area contributed by atoms with Gasteiger partial charge in [-0.05, 0) is 31.5 Å². The highest BCUT2D eigenvalue weighted by Crippen LogP contribution is 2.18. The molecule has 2 aromatic rings. The largest absolute Gasteiger partial charge is 0.379 e. The summed E-state index contributed by atoms with van der Waals surface area (Å²) in [7, 11) is 0. The quantitative estimate of drug-likeness (QED) is 0.861. The molecule has 1 aliphatic rings. The van der Waals surface area contributed by atoms with Crippen LogP contribution < -0.4 is 0 Å². The predicted molar refractivity (Wildman–Crippen MR) is 89.4 cm³/mol. The minimum absolute atomic E-state index is 0.185. The SMILES string of the molecule is Cc1ccc(CC(=O)N2CCOC[C@@H](Cc3ccncn3)C2)s1. The molecule has 1 fully saturated rings. The highest BCUT2D eigenvalue weighted by Gasteiger charge is 2.23. The standard InChI is InChI=1S/C17H21N3O2S/c1-13-2-3-16(23-13)9-17(21)20-6-7-22-11-14(10-20)8-15-4-5-18-12-19-15/h2-5,12,14H,6-11H2,1H3/t14-/m0/s1. The van der Waals surface area contributed by atoms with E-state index < -0.39 is 0 Å². The molecule has 122 valence electrons. The first kappa shape index (κ1) is 16.1. The Bertz CT molecular complexity index is 644. The van der Waals surface area contributed by atoms with Crippen molar-refractivity contribution in [2.75, 3.05) is 26.3 Å². The lowest BCUT2D eigenvalue weighted by Crippen LogP contribution is -2.37. The zero-order chi connectivity index (χ0) is 16.1. The maximum absolute atomic E-state index is 12.6. The van der Waals surface area contributed by atoms with E-state index in [2.05, 4.69) is 23.0 Å². The van der Waals surface area contributed by atoms with Gasteiger partial charge in [0, 0.05) is 40.7 Å². The lowest BCUT2D eigenvalue weighted by molar-refractivity contribution is -0.130. The zero-order valence-electron chi connectivity index (χ0n) is 13.3. The lowest BCUT2D eigenvalue weighted by atomic mass is 10.0. The molecule has 3 heterocycles. The van der Waals surface area contributed by atoms with E-state index in [4.69, 9.17) is 4.74 Å². The fourth-order valence-corrected chi connectivity index (χ4v) is 3.69. The van der Waals surface area contributed by atoms with Gasteiger partial charge in [-0.3, -0.25) is 4.79 Å². The highest BCUT2D eigenvalue weighted by molar-refractivity contribution is 7.12. The van der Waals surface area contributed by atoms with E-state index in [1.54, 1.807) is 23.9 Å². The number of aromatic nitrogens is 2. The summed E-state index contributed by atoms with van der Waals surface area (Å²) in [4.78, 5) is 25.1. The molecule has 2 aromatic heterocycles. The Morgan fingerprint density at radius 3 is 3.09 bits per heavy atom. The molecule has 0 aliphatic carbocycles. The van der Waals surface area contributed by atoms with Crippen LogP contribution in [0, 0.1) is 12.8 Å². The van der Waals surface area contributed by atoms with Crippen molar-refractivity contribution in [2.24, 2.45) is 5.92 Å². The molecule has 0 bridgehead atoms. The van der Waals surface area contributed by atoms with Crippen LogP contribution in [0.15, 0.2) is 30.7 Å². The van der Waals surface area contributed by atoms with Crippen molar-refractivity contribution in [3.05, 3.63) is 46.2 Å². The van der Waals surface area contributed by atoms with Crippen molar-refractivity contribution >= 4 is 17.2 Å². The predicted octanol–water partition coefficient (Wildman–Crippen LogP) is 2.11. The van der Waals surface area contributed by atoms with Gasteiger partial charge in [-0.2, -0.15) is 0 Å². The molecule has 0 radical (unpaired) electrons. The number of carbonyl (C=O) groups excluding carboxylic acids is 1. The Hall–Kier alpha value is -1.79. The van der Waals surface area contributed by atoms with Gasteiger partial charge >= 0.3 is 0 Å². The van der Waals surface area contributed by atoms with Gasteiger partial charge in [0.2, 0.25) is 5.91 Å². The molecule has 0 aromatic carbocycles. The van der Waals surface area contributed by atoms with E-state index >= 15 is 0 Å². The van der Waals surface area contributed by atoms with Crippen molar-refractivity contribution in [1.82, 2.24) is 14.9 Å². The Morgan fingerprint density at radius 1 is 1.43 bits per heavy atom. The molecule has 0 saturated carbocycles. The van der Waals surface area contributed by atoms with Crippen molar-refractivity contribution in [1.29, 1.82) is 0 Å². The molecule has 1 aliphatic heterocycles. The first-order valence-corrected chi connectivity index (χ1v) is 8.68. The highest BCUT2D eigenvalue weighted by atomic mass is 32.1. The second-order valence-electron chi connectivity index (χ2n) is 5.87. The van der Waals surface area contributed by atoms with Gasteiger partial charge < -0.3 is 9.64 Å². The fraction of sp³-hybridized carbons (Fsp3) is 0.471. The molecule has 6 heteroatoms. The average Bonchev–Trinajstić information content (AvgIpc) is 2.82. The van der Waals surface area contributed by atoms with Gasteiger partial charge in [-0.15, -0.1) is 11.3 Å². The number of ether oxygens (including phenoxy) is 1. The van der Waals surface area contributed by atoms with Crippen LogP contribution in [0.4, 0.5) is 0 Å².